The molecule has 0 saturated carbocycles. The van der Waals surface area contributed by atoms with Gasteiger partial charge in [-0.15, -0.1) is 0 Å². The van der Waals surface area contributed by atoms with E-state index in [0.29, 0.717) is 6.07 Å². The maximum absolute atomic E-state index is 13.2. The highest BCUT2D eigenvalue weighted by molar-refractivity contribution is 8.14. The van der Waals surface area contributed by atoms with Gasteiger partial charge >= 0.3 is 0 Å². The molecule has 2 rings (SSSR count). The topological polar surface area (TPSA) is 97.6 Å². The molecule has 1 aromatic carbocycles. The fraction of sp³-hybridized carbons (Fsp3) is 0.300. The minimum absolute atomic E-state index is 0.337. The van der Waals surface area contributed by atoms with Crippen LogP contribution in [-0.2, 0) is 13.8 Å². The van der Waals surface area contributed by atoms with Crippen LogP contribution in [0.25, 0.3) is 0 Å². The fourth-order valence-corrected chi connectivity index (χ4v) is 3.37. The molecule has 1 atom stereocenters. The van der Waals surface area contributed by atoms with Crippen LogP contribution in [0.2, 0.25) is 5.02 Å². The highest BCUT2D eigenvalue weighted by Gasteiger charge is 2.41. The predicted octanol–water partition coefficient (Wildman–Crippen LogP) is 2.06. The van der Waals surface area contributed by atoms with E-state index in [2.05, 4.69) is 0 Å². The van der Waals surface area contributed by atoms with Gasteiger partial charge in [-0.2, -0.15) is 0 Å². The number of nitrogens with zero attached hydrogens (tertiary/aromatic N) is 2. The minimum atomic E-state index is -4.01. The van der Waals surface area contributed by atoms with E-state index >= 15 is 0 Å². The number of carbonyl (C=O) groups is 1. The summed E-state index contributed by atoms with van der Waals surface area (Å²) in [5, 5.41) is 9.41. The smallest absolute Gasteiger partial charge is 0.297 e. The number of hydrogen-bond acceptors (Lipinski definition) is 5. The zero-order valence-corrected chi connectivity index (χ0v) is 12.5. The van der Waals surface area contributed by atoms with Gasteiger partial charge in [0.05, 0.1) is 16.0 Å². The molecule has 1 amide bonds. The summed E-state index contributed by atoms with van der Waals surface area (Å²) >= 11 is 5.77. The van der Waals surface area contributed by atoms with Crippen molar-refractivity contribution in [2.45, 2.75) is 11.7 Å². The van der Waals surface area contributed by atoms with Crippen LogP contribution >= 0.6 is 22.3 Å². The van der Waals surface area contributed by atoms with E-state index < -0.39 is 43.1 Å². The van der Waals surface area contributed by atoms with Gasteiger partial charge in [0.25, 0.3) is 5.69 Å². The quantitative estimate of drug-likeness (QED) is 0.469. The average molecular weight is 357 g/mol. The number of rotatable bonds is 3. The number of halogens is 3. The highest BCUT2D eigenvalue weighted by atomic mass is 35.7. The van der Waals surface area contributed by atoms with E-state index in [9.17, 15) is 27.7 Å². The summed E-state index contributed by atoms with van der Waals surface area (Å²) in [6.45, 7) is -0.378. The molecule has 11 heteroatoms. The first-order chi connectivity index (χ1) is 9.61. The van der Waals surface area contributed by atoms with Crippen LogP contribution in [-0.4, -0.2) is 31.0 Å². The summed E-state index contributed by atoms with van der Waals surface area (Å²) < 4.78 is 35.8. The number of hydrogen-bond donors (Lipinski definition) is 0. The molecular weight excluding hydrogens is 350 g/mol. The molecule has 1 heterocycles. The van der Waals surface area contributed by atoms with Crippen LogP contribution in [0.15, 0.2) is 12.1 Å². The molecule has 1 fully saturated rings. The summed E-state index contributed by atoms with van der Waals surface area (Å²) in [4.78, 5) is 22.8. The van der Waals surface area contributed by atoms with E-state index in [4.69, 9.17) is 22.3 Å². The second-order valence-corrected chi connectivity index (χ2v) is 7.63. The van der Waals surface area contributed by atoms with Crippen LogP contribution < -0.4 is 4.90 Å². The minimum Gasteiger partial charge on any atom is -0.304 e. The van der Waals surface area contributed by atoms with Gasteiger partial charge in [0, 0.05) is 23.6 Å². The normalized spacial score (nSPS) is 19.1. The van der Waals surface area contributed by atoms with E-state index in [0.717, 1.165) is 11.0 Å². The van der Waals surface area contributed by atoms with Crippen LogP contribution in [0.5, 0.6) is 0 Å². The van der Waals surface area contributed by atoms with Gasteiger partial charge in [-0.25, -0.2) is 12.8 Å². The van der Waals surface area contributed by atoms with Gasteiger partial charge in [0.15, 0.2) is 0 Å². The molecule has 0 aliphatic carbocycles. The number of nitro benzene ring substituents is 1. The Balaban J connectivity index is 2.53. The first kappa shape index (κ1) is 15.9. The van der Waals surface area contributed by atoms with E-state index in [1.54, 1.807) is 0 Å². The van der Waals surface area contributed by atoms with Gasteiger partial charge in [-0.1, -0.05) is 11.6 Å². The summed E-state index contributed by atoms with van der Waals surface area (Å²) in [5.74, 6) is -1.63. The van der Waals surface area contributed by atoms with E-state index in [1.807, 2.05) is 0 Å². The molecule has 0 spiro atoms. The van der Waals surface area contributed by atoms with Crippen molar-refractivity contribution >= 4 is 48.6 Å². The highest BCUT2D eigenvalue weighted by Crippen LogP contribution is 2.39. The van der Waals surface area contributed by atoms with Crippen molar-refractivity contribution in [3.05, 3.63) is 33.1 Å². The van der Waals surface area contributed by atoms with Crippen LogP contribution in [0.1, 0.15) is 6.42 Å². The molecule has 0 radical (unpaired) electrons. The molecule has 0 aromatic heterocycles. The lowest BCUT2D eigenvalue weighted by Crippen LogP contribution is -2.27. The maximum atomic E-state index is 13.2. The van der Waals surface area contributed by atoms with Crippen molar-refractivity contribution in [3.63, 3.8) is 0 Å². The lowest BCUT2D eigenvalue weighted by Gasteiger charge is -2.17. The second kappa shape index (κ2) is 5.39. The zero-order chi connectivity index (χ0) is 15.9. The third-order valence-corrected chi connectivity index (χ3v) is 5.12. The summed E-state index contributed by atoms with van der Waals surface area (Å²) in [6.07, 6.45) is -0.420. The predicted molar refractivity (Wildman–Crippen MR) is 73.6 cm³/mol. The Bertz CT molecular complexity index is 739. The molecule has 1 aliphatic rings. The molecule has 7 nitrogen and oxygen atoms in total. The molecule has 1 unspecified atom stereocenters. The molecule has 0 N–H and O–H groups in total. The first-order valence-electron chi connectivity index (χ1n) is 5.48. The van der Waals surface area contributed by atoms with Crippen molar-refractivity contribution in [3.8, 4) is 0 Å². The van der Waals surface area contributed by atoms with Gasteiger partial charge in [0.1, 0.15) is 16.8 Å². The van der Waals surface area contributed by atoms with E-state index in [1.165, 1.54) is 0 Å². The van der Waals surface area contributed by atoms with Crippen molar-refractivity contribution in [1.29, 1.82) is 0 Å². The van der Waals surface area contributed by atoms with Gasteiger partial charge in [0.2, 0.25) is 15.0 Å². The number of amides is 1. The third kappa shape index (κ3) is 3.09. The standard InChI is InChI=1S/C10H7Cl2FN2O5S/c11-7-1-5(13)2-8(15(17)18)10(7)14-4-6(3-9(14)16)21(12,19)20/h1-2,6H,3-4H2. The zero-order valence-electron chi connectivity index (χ0n) is 10.1. The third-order valence-electron chi connectivity index (χ3n) is 2.96. The number of anilines is 1. The van der Waals surface area contributed by atoms with Crippen molar-refractivity contribution in [2.24, 2.45) is 0 Å². The lowest BCUT2D eigenvalue weighted by molar-refractivity contribution is -0.384. The molecule has 1 aliphatic heterocycles. The molecule has 114 valence electrons. The summed E-state index contributed by atoms with van der Waals surface area (Å²) in [7, 11) is 1.18. The largest absolute Gasteiger partial charge is 0.304 e. The fourth-order valence-electron chi connectivity index (χ4n) is 2.04. The molecule has 1 saturated heterocycles. The van der Waals surface area contributed by atoms with Crippen molar-refractivity contribution < 1.29 is 22.5 Å². The SMILES string of the molecule is O=C1CC(S(=O)(=O)Cl)CN1c1c(Cl)cc(F)cc1[N+](=O)[O-]. The molecule has 0 bridgehead atoms. The van der Waals surface area contributed by atoms with Gasteiger partial charge in [-0.05, 0) is 6.07 Å². The Labute approximate surface area is 127 Å². The van der Waals surface area contributed by atoms with Crippen LogP contribution in [0.4, 0.5) is 15.8 Å². The summed E-state index contributed by atoms with van der Waals surface area (Å²) in [6, 6.07) is 1.41. The van der Waals surface area contributed by atoms with Gasteiger partial charge in [-0.3, -0.25) is 14.9 Å². The second-order valence-electron chi connectivity index (χ2n) is 4.32. The Kier molecular flexibility index (Phi) is 4.09. The van der Waals surface area contributed by atoms with Gasteiger partial charge < -0.3 is 4.90 Å². The number of nitro groups is 1. The Morgan fingerprint density at radius 2 is 2.05 bits per heavy atom. The van der Waals surface area contributed by atoms with Crippen molar-refractivity contribution in [2.75, 3.05) is 11.4 Å². The molecule has 1 aromatic rings. The average Bonchev–Trinajstić information content (AvgIpc) is 2.70. The Morgan fingerprint density at radius 3 is 2.52 bits per heavy atom. The lowest BCUT2D eigenvalue weighted by atomic mass is 10.2. The maximum Gasteiger partial charge on any atom is 0.297 e. The number of carbonyl (C=O) groups excluding carboxylic acids is 1. The molecular formula is C10H7Cl2FN2O5S. The van der Waals surface area contributed by atoms with Crippen molar-refractivity contribution in [1.82, 2.24) is 0 Å². The molecule has 21 heavy (non-hydrogen) atoms. The monoisotopic (exact) mass is 356 g/mol. The Hall–Kier alpha value is -1.45. The Morgan fingerprint density at radius 1 is 1.43 bits per heavy atom. The van der Waals surface area contributed by atoms with Crippen LogP contribution in [0, 0.1) is 15.9 Å². The van der Waals surface area contributed by atoms with E-state index in [-0.39, 0.29) is 17.3 Å². The summed E-state index contributed by atoms with van der Waals surface area (Å²) in [5.41, 5.74) is -1.06. The number of benzene rings is 1. The first-order valence-corrected chi connectivity index (χ1v) is 8.23. The van der Waals surface area contributed by atoms with Crippen LogP contribution in [0.3, 0.4) is 0 Å².